The van der Waals surface area contributed by atoms with Crippen molar-refractivity contribution in [1.29, 1.82) is 0 Å². The van der Waals surface area contributed by atoms with E-state index < -0.39 is 0 Å². The molecular formula is C22H29N5O. The molecule has 2 fully saturated rings. The zero-order valence-electron chi connectivity index (χ0n) is 17.1. The SMILES string of the molecule is Cc1ccccc1C(=O)N1CCN(c2nc(N3CCCC3)nc(C)c2C)CC1. The van der Waals surface area contributed by atoms with E-state index in [1.807, 2.05) is 36.1 Å². The fourth-order valence-electron chi connectivity index (χ4n) is 4.07. The number of aryl methyl sites for hydroxylation is 2. The molecule has 2 aromatic rings. The number of carbonyl (C=O) groups is 1. The van der Waals surface area contributed by atoms with E-state index in [4.69, 9.17) is 9.97 Å². The maximum Gasteiger partial charge on any atom is 0.254 e. The topological polar surface area (TPSA) is 52.6 Å². The highest BCUT2D eigenvalue weighted by Crippen LogP contribution is 2.26. The van der Waals surface area contributed by atoms with Crippen molar-refractivity contribution in [2.75, 3.05) is 49.1 Å². The normalized spacial score (nSPS) is 17.3. The molecule has 6 nitrogen and oxygen atoms in total. The van der Waals surface area contributed by atoms with Gasteiger partial charge in [-0.05, 0) is 45.2 Å². The number of hydrogen-bond donors (Lipinski definition) is 0. The molecule has 148 valence electrons. The molecule has 4 rings (SSSR count). The fraction of sp³-hybridized carbons (Fsp3) is 0.500. The van der Waals surface area contributed by atoms with Gasteiger partial charge in [-0.1, -0.05) is 18.2 Å². The maximum atomic E-state index is 12.9. The van der Waals surface area contributed by atoms with Gasteiger partial charge in [-0.25, -0.2) is 4.98 Å². The first-order valence-electron chi connectivity index (χ1n) is 10.2. The molecule has 2 aliphatic rings. The Morgan fingerprint density at radius 3 is 2.21 bits per heavy atom. The van der Waals surface area contributed by atoms with E-state index in [0.717, 1.165) is 60.3 Å². The first-order chi connectivity index (χ1) is 13.5. The second kappa shape index (κ2) is 7.78. The number of hydrogen-bond acceptors (Lipinski definition) is 5. The predicted molar refractivity (Wildman–Crippen MR) is 112 cm³/mol. The number of anilines is 2. The number of carbonyl (C=O) groups excluding carboxylic acids is 1. The minimum Gasteiger partial charge on any atom is -0.353 e. The summed E-state index contributed by atoms with van der Waals surface area (Å²) in [5.41, 5.74) is 4.03. The third-order valence-corrected chi connectivity index (χ3v) is 5.98. The number of aromatic nitrogens is 2. The van der Waals surface area contributed by atoms with E-state index in [1.54, 1.807) is 0 Å². The summed E-state index contributed by atoms with van der Waals surface area (Å²) < 4.78 is 0. The quantitative estimate of drug-likeness (QED) is 0.821. The highest BCUT2D eigenvalue weighted by Gasteiger charge is 2.26. The van der Waals surface area contributed by atoms with E-state index in [-0.39, 0.29) is 5.91 Å². The summed E-state index contributed by atoms with van der Waals surface area (Å²) in [6.45, 7) is 11.3. The molecule has 1 aromatic heterocycles. The van der Waals surface area contributed by atoms with Crippen LogP contribution >= 0.6 is 0 Å². The Morgan fingerprint density at radius 1 is 0.857 bits per heavy atom. The molecule has 3 heterocycles. The summed E-state index contributed by atoms with van der Waals surface area (Å²) in [4.78, 5) is 29.1. The Morgan fingerprint density at radius 2 is 1.54 bits per heavy atom. The van der Waals surface area contributed by atoms with Gasteiger partial charge < -0.3 is 14.7 Å². The van der Waals surface area contributed by atoms with E-state index in [1.165, 1.54) is 12.8 Å². The zero-order chi connectivity index (χ0) is 19.7. The van der Waals surface area contributed by atoms with Crippen LogP contribution in [-0.4, -0.2) is 60.0 Å². The van der Waals surface area contributed by atoms with Gasteiger partial charge in [0.1, 0.15) is 5.82 Å². The van der Waals surface area contributed by atoms with Crippen molar-refractivity contribution >= 4 is 17.7 Å². The fourth-order valence-corrected chi connectivity index (χ4v) is 4.07. The zero-order valence-corrected chi connectivity index (χ0v) is 17.1. The highest BCUT2D eigenvalue weighted by molar-refractivity contribution is 5.95. The number of nitrogens with zero attached hydrogens (tertiary/aromatic N) is 5. The van der Waals surface area contributed by atoms with Crippen LogP contribution in [0.4, 0.5) is 11.8 Å². The third-order valence-electron chi connectivity index (χ3n) is 5.98. The largest absolute Gasteiger partial charge is 0.353 e. The Kier molecular flexibility index (Phi) is 5.20. The third kappa shape index (κ3) is 3.55. The van der Waals surface area contributed by atoms with Crippen molar-refractivity contribution in [1.82, 2.24) is 14.9 Å². The summed E-state index contributed by atoms with van der Waals surface area (Å²) in [6.07, 6.45) is 2.43. The van der Waals surface area contributed by atoms with Crippen molar-refractivity contribution in [2.24, 2.45) is 0 Å². The second-order valence-electron chi connectivity index (χ2n) is 7.85. The molecule has 2 aliphatic heterocycles. The summed E-state index contributed by atoms with van der Waals surface area (Å²) >= 11 is 0. The van der Waals surface area contributed by atoms with Gasteiger partial charge in [0.05, 0.1) is 0 Å². The average Bonchev–Trinajstić information content (AvgIpc) is 3.25. The Hall–Kier alpha value is -2.63. The minimum atomic E-state index is 0.131. The van der Waals surface area contributed by atoms with Crippen molar-refractivity contribution in [3.05, 3.63) is 46.6 Å². The van der Waals surface area contributed by atoms with Crippen molar-refractivity contribution in [2.45, 2.75) is 33.6 Å². The standard InChI is InChI=1S/C22H29N5O/c1-16-8-4-5-9-19(16)21(28)26-14-12-25(13-15-26)20-17(2)18(3)23-22(24-20)27-10-6-7-11-27/h4-5,8-9H,6-7,10-15H2,1-3H3. The number of amides is 1. The van der Waals surface area contributed by atoms with Gasteiger partial charge >= 0.3 is 0 Å². The van der Waals surface area contributed by atoms with Crippen LogP contribution in [0.25, 0.3) is 0 Å². The average molecular weight is 380 g/mol. The molecule has 0 radical (unpaired) electrons. The van der Waals surface area contributed by atoms with Crippen molar-refractivity contribution < 1.29 is 4.79 Å². The number of rotatable bonds is 3. The van der Waals surface area contributed by atoms with Crippen LogP contribution in [0.2, 0.25) is 0 Å². The molecule has 6 heteroatoms. The summed E-state index contributed by atoms with van der Waals surface area (Å²) in [7, 11) is 0. The van der Waals surface area contributed by atoms with Crippen LogP contribution in [0.5, 0.6) is 0 Å². The van der Waals surface area contributed by atoms with Crippen LogP contribution in [0.3, 0.4) is 0 Å². The molecule has 0 atom stereocenters. The summed E-state index contributed by atoms with van der Waals surface area (Å²) in [5.74, 6) is 2.01. The molecule has 28 heavy (non-hydrogen) atoms. The van der Waals surface area contributed by atoms with Crippen molar-refractivity contribution in [3.8, 4) is 0 Å². The lowest BCUT2D eigenvalue weighted by molar-refractivity contribution is 0.0745. The first-order valence-corrected chi connectivity index (χ1v) is 10.2. The van der Waals surface area contributed by atoms with E-state index in [2.05, 4.69) is 23.6 Å². The van der Waals surface area contributed by atoms with Crippen molar-refractivity contribution in [3.63, 3.8) is 0 Å². The van der Waals surface area contributed by atoms with Crippen LogP contribution < -0.4 is 9.80 Å². The Labute approximate surface area is 167 Å². The van der Waals surface area contributed by atoms with Gasteiger partial charge in [0, 0.05) is 56.1 Å². The molecule has 0 bridgehead atoms. The lowest BCUT2D eigenvalue weighted by atomic mass is 10.1. The van der Waals surface area contributed by atoms with Gasteiger partial charge in [-0.2, -0.15) is 4.98 Å². The maximum absolute atomic E-state index is 12.9. The van der Waals surface area contributed by atoms with Crippen LogP contribution in [-0.2, 0) is 0 Å². The van der Waals surface area contributed by atoms with Crippen LogP contribution in [0.15, 0.2) is 24.3 Å². The van der Waals surface area contributed by atoms with Crippen LogP contribution in [0, 0.1) is 20.8 Å². The minimum absolute atomic E-state index is 0.131. The molecule has 1 amide bonds. The molecule has 0 unspecified atom stereocenters. The Balaban J connectivity index is 1.49. The number of piperazine rings is 1. The lowest BCUT2D eigenvalue weighted by Crippen LogP contribution is -2.49. The molecule has 0 spiro atoms. The summed E-state index contributed by atoms with van der Waals surface area (Å²) in [6, 6.07) is 7.83. The molecule has 2 saturated heterocycles. The molecular weight excluding hydrogens is 350 g/mol. The highest BCUT2D eigenvalue weighted by atomic mass is 16.2. The molecule has 0 aliphatic carbocycles. The first kappa shape index (κ1) is 18.7. The van der Waals surface area contributed by atoms with E-state index in [0.29, 0.717) is 13.1 Å². The molecule has 0 saturated carbocycles. The summed E-state index contributed by atoms with van der Waals surface area (Å²) in [5, 5.41) is 0. The second-order valence-corrected chi connectivity index (χ2v) is 7.85. The monoisotopic (exact) mass is 379 g/mol. The molecule has 1 aromatic carbocycles. The number of benzene rings is 1. The van der Waals surface area contributed by atoms with Gasteiger partial charge in [0.15, 0.2) is 0 Å². The Bertz CT molecular complexity index is 867. The van der Waals surface area contributed by atoms with E-state index in [9.17, 15) is 4.79 Å². The van der Waals surface area contributed by atoms with Gasteiger partial charge in [-0.15, -0.1) is 0 Å². The lowest BCUT2D eigenvalue weighted by Gasteiger charge is -2.36. The van der Waals surface area contributed by atoms with Gasteiger partial charge in [-0.3, -0.25) is 4.79 Å². The van der Waals surface area contributed by atoms with Gasteiger partial charge in [0.25, 0.3) is 5.91 Å². The van der Waals surface area contributed by atoms with Gasteiger partial charge in [0.2, 0.25) is 5.95 Å². The van der Waals surface area contributed by atoms with Crippen LogP contribution in [0.1, 0.15) is 40.0 Å². The molecule has 0 N–H and O–H groups in total. The smallest absolute Gasteiger partial charge is 0.254 e. The van der Waals surface area contributed by atoms with E-state index >= 15 is 0 Å². The predicted octanol–water partition coefficient (Wildman–Crippen LogP) is 2.96.